The zero-order valence-electron chi connectivity index (χ0n) is 17.7. The molecule has 0 unspecified atom stereocenters. The molecule has 0 radical (unpaired) electrons. The van der Waals surface area contributed by atoms with Crippen molar-refractivity contribution >= 4 is 23.8 Å². The third kappa shape index (κ3) is 11.4. The molecule has 30 heavy (non-hydrogen) atoms. The van der Waals surface area contributed by atoms with Crippen LogP contribution in [0.3, 0.4) is 0 Å². The molecule has 0 atom stereocenters. The summed E-state index contributed by atoms with van der Waals surface area (Å²) in [4.78, 5) is 0. The Morgan fingerprint density at radius 2 is 0.833 bits per heavy atom. The summed E-state index contributed by atoms with van der Waals surface area (Å²) in [6.45, 7) is 14.2. The Kier molecular flexibility index (Phi) is 18.1. The summed E-state index contributed by atoms with van der Waals surface area (Å²) in [6.07, 6.45) is 7.77. The molecule has 0 fully saturated rings. The average molecular weight is 596 g/mol. The van der Waals surface area contributed by atoms with Crippen molar-refractivity contribution in [1.82, 2.24) is 0 Å². The van der Waals surface area contributed by atoms with Crippen LogP contribution in [0, 0.1) is 13.8 Å². The maximum absolute atomic E-state index is 3.60. The fraction of sp³-hybridized carbons (Fsp3) is 0.143. The van der Waals surface area contributed by atoms with Crippen LogP contribution in [0.1, 0.15) is 25.7 Å². The maximum atomic E-state index is 3.60. The summed E-state index contributed by atoms with van der Waals surface area (Å²) in [7, 11) is -0.446. The molecule has 0 saturated heterocycles. The van der Waals surface area contributed by atoms with Crippen molar-refractivity contribution < 1.29 is 21.1 Å². The molecule has 0 heterocycles. The Labute approximate surface area is 200 Å². The van der Waals surface area contributed by atoms with Crippen LogP contribution in [0.25, 0.3) is 0 Å². The van der Waals surface area contributed by atoms with Crippen LogP contribution in [-0.2, 0) is 21.1 Å². The normalized spacial score (nSPS) is 9.17. The van der Waals surface area contributed by atoms with E-state index in [4.69, 9.17) is 0 Å². The Bertz CT molecular complexity index is 666. The van der Waals surface area contributed by atoms with Gasteiger partial charge < -0.3 is 13.8 Å². The van der Waals surface area contributed by atoms with E-state index in [0.717, 1.165) is 25.7 Å². The van der Waals surface area contributed by atoms with Crippen molar-refractivity contribution in [2.45, 2.75) is 25.7 Å². The molecule has 0 aliphatic rings. The largest absolute Gasteiger partial charge is 2.00 e. The van der Waals surface area contributed by atoms with Crippen LogP contribution in [-0.4, -0.2) is 0 Å². The molecular formula is C28H33PPt. The van der Waals surface area contributed by atoms with E-state index in [2.05, 4.69) is 118 Å². The van der Waals surface area contributed by atoms with Crippen molar-refractivity contribution in [3.63, 3.8) is 0 Å². The Hall–Kier alpha value is -1.74. The van der Waals surface area contributed by atoms with E-state index < -0.39 is 7.92 Å². The van der Waals surface area contributed by atoms with E-state index in [1.807, 2.05) is 12.2 Å². The molecule has 3 aromatic carbocycles. The zero-order chi connectivity index (χ0) is 21.2. The second-order valence-electron chi connectivity index (χ2n) is 6.20. The third-order valence-electron chi connectivity index (χ3n) is 3.86. The predicted octanol–water partition coefficient (Wildman–Crippen LogP) is 7.02. The van der Waals surface area contributed by atoms with Gasteiger partial charge in [-0.15, -0.1) is 13.2 Å². The third-order valence-corrected chi connectivity index (χ3v) is 6.30. The minimum absolute atomic E-state index is 0. The van der Waals surface area contributed by atoms with E-state index in [1.54, 1.807) is 0 Å². The minimum Gasteiger partial charge on any atom is -0.343 e. The quantitative estimate of drug-likeness (QED) is 0.157. The number of hydrogen-bond donors (Lipinski definition) is 0. The van der Waals surface area contributed by atoms with Crippen LogP contribution in [0.4, 0.5) is 0 Å². The van der Waals surface area contributed by atoms with E-state index in [1.165, 1.54) is 15.9 Å². The van der Waals surface area contributed by atoms with Gasteiger partial charge in [0.05, 0.1) is 0 Å². The smallest absolute Gasteiger partial charge is 0.343 e. The van der Waals surface area contributed by atoms with Gasteiger partial charge in [-0.2, -0.15) is 12.8 Å². The molecule has 3 aromatic rings. The molecule has 0 nitrogen and oxygen atoms in total. The van der Waals surface area contributed by atoms with Crippen molar-refractivity contribution in [2.75, 3.05) is 0 Å². The number of hydrogen-bond acceptors (Lipinski definition) is 0. The topological polar surface area (TPSA) is 0 Å². The van der Waals surface area contributed by atoms with Crippen molar-refractivity contribution in [1.29, 1.82) is 0 Å². The summed E-state index contributed by atoms with van der Waals surface area (Å²) in [5.74, 6) is 0. The summed E-state index contributed by atoms with van der Waals surface area (Å²) in [5.41, 5.74) is 0. The van der Waals surface area contributed by atoms with Crippen LogP contribution in [0.5, 0.6) is 0 Å². The number of benzene rings is 3. The van der Waals surface area contributed by atoms with Gasteiger partial charge >= 0.3 is 21.1 Å². The van der Waals surface area contributed by atoms with Gasteiger partial charge in [0.15, 0.2) is 0 Å². The van der Waals surface area contributed by atoms with E-state index in [-0.39, 0.29) is 21.1 Å². The van der Waals surface area contributed by atoms with E-state index >= 15 is 0 Å². The Balaban J connectivity index is 0.000000646. The second kappa shape index (κ2) is 19.2. The van der Waals surface area contributed by atoms with Crippen LogP contribution < -0.4 is 15.9 Å². The number of allylic oxidation sites excluding steroid dienone is 2. The van der Waals surface area contributed by atoms with Gasteiger partial charge in [0, 0.05) is 0 Å². The molecule has 2 heteroatoms. The van der Waals surface area contributed by atoms with E-state index in [9.17, 15) is 0 Å². The molecule has 0 amide bonds. The zero-order valence-corrected chi connectivity index (χ0v) is 20.9. The Morgan fingerprint density at radius 3 is 1.00 bits per heavy atom. The van der Waals surface area contributed by atoms with Gasteiger partial charge in [0.1, 0.15) is 0 Å². The van der Waals surface area contributed by atoms with Gasteiger partial charge in [-0.05, 0) is 23.8 Å². The van der Waals surface area contributed by atoms with Crippen molar-refractivity contribution in [3.05, 3.63) is 130 Å². The molecule has 0 N–H and O–H groups in total. The van der Waals surface area contributed by atoms with Crippen LogP contribution >= 0.6 is 7.92 Å². The predicted molar refractivity (Wildman–Crippen MR) is 135 cm³/mol. The average Bonchev–Trinajstić information content (AvgIpc) is 2.78. The SMILES string of the molecule is C=CCC[CH2-].C=CCC[CH2-].[Pt+2].c1ccc(P(c2ccccc2)c2ccccc2)cc1. The summed E-state index contributed by atoms with van der Waals surface area (Å²) >= 11 is 0. The van der Waals surface area contributed by atoms with Gasteiger partial charge in [0.2, 0.25) is 0 Å². The molecule has 3 rings (SSSR count). The molecular weight excluding hydrogens is 562 g/mol. The molecule has 0 aliphatic heterocycles. The van der Waals surface area contributed by atoms with Crippen molar-refractivity contribution in [3.8, 4) is 0 Å². The minimum atomic E-state index is -0.446. The van der Waals surface area contributed by atoms with Gasteiger partial charge in [-0.25, -0.2) is 0 Å². The first-order chi connectivity index (χ1) is 14.3. The van der Waals surface area contributed by atoms with Crippen LogP contribution in [0.2, 0.25) is 0 Å². The number of rotatable bonds is 7. The maximum Gasteiger partial charge on any atom is 2.00 e. The molecule has 0 saturated carbocycles. The monoisotopic (exact) mass is 595 g/mol. The molecule has 0 spiro atoms. The first-order valence-corrected chi connectivity index (χ1v) is 11.4. The standard InChI is InChI=1S/C18H15P.2C5H9.Pt/c1-4-10-16(11-5-1)19(17-12-6-2-7-13-17)18-14-8-3-9-15-18;2*1-3-5-4-2;/h1-15H;2*3H,1-2,4-5H2;/q;2*-1;+2. The van der Waals surface area contributed by atoms with Gasteiger partial charge in [0.25, 0.3) is 0 Å². The molecule has 0 aromatic heterocycles. The second-order valence-corrected chi connectivity index (χ2v) is 8.42. The fourth-order valence-electron chi connectivity index (χ4n) is 2.47. The first kappa shape index (κ1) is 28.3. The molecule has 0 bridgehead atoms. The molecule has 160 valence electrons. The van der Waals surface area contributed by atoms with Gasteiger partial charge in [-0.3, -0.25) is 0 Å². The Morgan fingerprint density at radius 1 is 0.567 bits per heavy atom. The summed E-state index contributed by atoms with van der Waals surface area (Å²) in [6, 6.07) is 32.3. The number of unbranched alkanes of at least 4 members (excludes halogenated alkanes) is 2. The molecule has 0 aliphatic carbocycles. The van der Waals surface area contributed by atoms with Gasteiger partial charge in [-0.1, -0.05) is 116 Å². The first-order valence-electron chi connectivity index (χ1n) is 10.0. The summed E-state index contributed by atoms with van der Waals surface area (Å²) in [5, 5.41) is 4.19. The summed E-state index contributed by atoms with van der Waals surface area (Å²) < 4.78 is 0. The fourth-order valence-corrected chi connectivity index (χ4v) is 4.77. The van der Waals surface area contributed by atoms with Crippen LogP contribution in [0.15, 0.2) is 116 Å². The van der Waals surface area contributed by atoms with E-state index in [0.29, 0.717) is 0 Å². The van der Waals surface area contributed by atoms with Crippen molar-refractivity contribution in [2.24, 2.45) is 0 Å².